The van der Waals surface area contributed by atoms with Crippen LogP contribution in [0.3, 0.4) is 0 Å². The zero-order valence-electron chi connectivity index (χ0n) is 8.81. The molecule has 0 aliphatic carbocycles. The molecule has 1 aliphatic rings. The van der Waals surface area contributed by atoms with Crippen LogP contribution < -0.4 is 5.14 Å². The van der Waals surface area contributed by atoms with Crippen LogP contribution in [-0.2, 0) is 10.0 Å². The normalized spacial score (nSPS) is 24.7. The Balaban J connectivity index is 2.30. The number of primary sulfonamides is 1. The van der Waals surface area contributed by atoms with Gasteiger partial charge in [-0.1, -0.05) is 0 Å². The van der Waals surface area contributed by atoms with Crippen LogP contribution in [0.5, 0.6) is 0 Å². The first-order valence-corrected chi connectivity index (χ1v) is 6.49. The monoisotopic (exact) mass is 221 g/mol. The molecule has 6 heteroatoms. The van der Waals surface area contributed by atoms with Gasteiger partial charge in [0.1, 0.15) is 0 Å². The fraction of sp³-hybridized carbons (Fsp3) is 1.00. The van der Waals surface area contributed by atoms with E-state index < -0.39 is 10.0 Å². The predicted molar refractivity (Wildman–Crippen MR) is 56.5 cm³/mol. The molecule has 14 heavy (non-hydrogen) atoms. The summed E-state index contributed by atoms with van der Waals surface area (Å²) < 4.78 is 21.5. The molecule has 2 N–H and O–H groups in total. The van der Waals surface area contributed by atoms with Crippen LogP contribution in [0.25, 0.3) is 0 Å². The van der Waals surface area contributed by atoms with E-state index in [-0.39, 0.29) is 5.75 Å². The third kappa shape index (κ3) is 3.91. The van der Waals surface area contributed by atoms with E-state index >= 15 is 0 Å². The largest absolute Gasteiger partial charge is 0.305 e. The third-order valence-electron chi connectivity index (χ3n) is 2.67. The van der Waals surface area contributed by atoms with Gasteiger partial charge in [0.05, 0.1) is 5.75 Å². The minimum Gasteiger partial charge on any atom is -0.305 e. The number of sulfonamides is 1. The van der Waals surface area contributed by atoms with E-state index in [4.69, 9.17) is 5.14 Å². The molecule has 0 saturated carbocycles. The number of nitrogens with zero attached hydrogens (tertiary/aromatic N) is 2. The molecule has 0 amide bonds. The summed E-state index contributed by atoms with van der Waals surface area (Å²) in [5, 5.41) is 4.94. The molecule has 0 aromatic carbocycles. The van der Waals surface area contributed by atoms with Crippen molar-refractivity contribution in [1.29, 1.82) is 0 Å². The average Bonchev–Trinajstić information content (AvgIpc) is 2.47. The molecule has 0 unspecified atom stereocenters. The second-order valence-electron chi connectivity index (χ2n) is 4.07. The zero-order valence-corrected chi connectivity index (χ0v) is 9.63. The van der Waals surface area contributed by atoms with E-state index in [1.165, 1.54) is 0 Å². The van der Waals surface area contributed by atoms with Crippen LogP contribution in [-0.4, -0.2) is 63.7 Å². The Kier molecular flexibility index (Phi) is 3.88. The summed E-state index contributed by atoms with van der Waals surface area (Å²) in [5.41, 5.74) is 0. The first kappa shape index (κ1) is 11.9. The first-order valence-electron chi connectivity index (χ1n) is 4.78. The summed E-state index contributed by atoms with van der Waals surface area (Å²) in [7, 11) is 0.794. The van der Waals surface area contributed by atoms with Gasteiger partial charge in [-0.15, -0.1) is 0 Å². The Morgan fingerprint density at radius 3 is 2.57 bits per heavy atom. The number of likely N-dealkylation sites (N-methyl/N-ethyl adjacent to an activating group) is 1. The van der Waals surface area contributed by atoms with Gasteiger partial charge in [0.15, 0.2) is 0 Å². The molecular weight excluding hydrogens is 202 g/mol. The molecule has 1 saturated heterocycles. The molecule has 1 fully saturated rings. The van der Waals surface area contributed by atoms with E-state index in [1.54, 1.807) is 0 Å². The van der Waals surface area contributed by atoms with Crippen molar-refractivity contribution in [1.82, 2.24) is 9.80 Å². The number of nitrogens with two attached hydrogens (primary N) is 1. The van der Waals surface area contributed by atoms with Crippen molar-refractivity contribution in [3.8, 4) is 0 Å². The van der Waals surface area contributed by atoms with Gasteiger partial charge in [0, 0.05) is 19.1 Å². The molecule has 1 aliphatic heterocycles. The number of hydrogen-bond acceptors (Lipinski definition) is 4. The van der Waals surface area contributed by atoms with Crippen LogP contribution in [0.2, 0.25) is 0 Å². The van der Waals surface area contributed by atoms with Crippen LogP contribution in [0.1, 0.15) is 6.42 Å². The molecule has 0 bridgehead atoms. The maximum Gasteiger partial charge on any atom is 0.210 e. The van der Waals surface area contributed by atoms with Gasteiger partial charge in [-0.05, 0) is 27.1 Å². The number of rotatable bonds is 4. The number of hydrogen-bond donors (Lipinski definition) is 1. The van der Waals surface area contributed by atoms with Gasteiger partial charge >= 0.3 is 0 Å². The summed E-state index contributed by atoms with van der Waals surface area (Å²) in [4.78, 5) is 4.33. The molecular formula is C8H19N3O2S. The summed E-state index contributed by atoms with van der Waals surface area (Å²) >= 11 is 0. The lowest BCUT2D eigenvalue weighted by atomic mass is 10.2. The molecule has 1 atom stereocenters. The standard InChI is InChI=1S/C8H19N3O2S/c1-10(2)8-3-4-11(7-8)5-6-14(9,12)13/h8H,3-7H2,1-2H3,(H2,9,12,13)/t8-/m0/s1. The average molecular weight is 221 g/mol. The van der Waals surface area contributed by atoms with Crippen molar-refractivity contribution >= 4 is 10.0 Å². The van der Waals surface area contributed by atoms with Crippen molar-refractivity contribution < 1.29 is 8.42 Å². The van der Waals surface area contributed by atoms with Crippen LogP contribution in [0.4, 0.5) is 0 Å². The first-order chi connectivity index (χ1) is 6.38. The highest BCUT2D eigenvalue weighted by atomic mass is 32.2. The Morgan fingerprint density at radius 2 is 2.14 bits per heavy atom. The lowest BCUT2D eigenvalue weighted by molar-refractivity contribution is 0.275. The van der Waals surface area contributed by atoms with Crippen molar-refractivity contribution in [2.75, 3.05) is 39.5 Å². The summed E-state index contributed by atoms with van der Waals surface area (Å²) in [6.45, 7) is 2.48. The Morgan fingerprint density at radius 1 is 1.50 bits per heavy atom. The van der Waals surface area contributed by atoms with E-state index in [9.17, 15) is 8.42 Å². The Labute approximate surface area is 85.9 Å². The Hall–Kier alpha value is -0.170. The second-order valence-corrected chi connectivity index (χ2v) is 5.81. The zero-order chi connectivity index (χ0) is 10.8. The topological polar surface area (TPSA) is 66.6 Å². The lowest BCUT2D eigenvalue weighted by Crippen LogP contribution is -2.34. The maximum absolute atomic E-state index is 10.7. The van der Waals surface area contributed by atoms with Gasteiger partial charge in [-0.3, -0.25) is 0 Å². The van der Waals surface area contributed by atoms with Crippen LogP contribution in [0.15, 0.2) is 0 Å². The summed E-state index contributed by atoms with van der Waals surface area (Å²) in [6.07, 6.45) is 1.11. The number of likely N-dealkylation sites (tertiary alicyclic amines) is 1. The van der Waals surface area contributed by atoms with E-state index in [0.717, 1.165) is 19.5 Å². The second kappa shape index (κ2) is 4.57. The highest BCUT2D eigenvalue weighted by Gasteiger charge is 2.24. The highest BCUT2D eigenvalue weighted by Crippen LogP contribution is 2.12. The van der Waals surface area contributed by atoms with Crippen molar-refractivity contribution in [3.63, 3.8) is 0 Å². The molecule has 84 valence electrons. The molecule has 1 heterocycles. The van der Waals surface area contributed by atoms with E-state index in [0.29, 0.717) is 12.6 Å². The van der Waals surface area contributed by atoms with Crippen molar-refractivity contribution in [2.24, 2.45) is 5.14 Å². The molecule has 0 spiro atoms. The Bertz CT molecular complexity index is 276. The van der Waals surface area contributed by atoms with Crippen LogP contribution in [0, 0.1) is 0 Å². The van der Waals surface area contributed by atoms with E-state index in [1.807, 2.05) is 14.1 Å². The smallest absolute Gasteiger partial charge is 0.210 e. The summed E-state index contributed by atoms with van der Waals surface area (Å²) in [5.74, 6) is 0.0626. The van der Waals surface area contributed by atoms with E-state index in [2.05, 4.69) is 9.80 Å². The van der Waals surface area contributed by atoms with Gasteiger partial charge < -0.3 is 9.80 Å². The van der Waals surface area contributed by atoms with Crippen molar-refractivity contribution in [3.05, 3.63) is 0 Å². The predicted octanol–water partition coefficient (Wildman–Crippen LogP) is -1.09. The molecule has 0 radical (unpaired) electrons. The highest BCUT2D eigenvalue weighted by molar-refractivity contribution is 7.89. The molecule has 5 nitrogen and oxygen atoms in total. The minimum atomic E-state index is -3.30. The van der Waals surface area contributed by atoms with Crippen LogP contribution >= 0.6 is 0 Å². The molecule has 0 aromatic rings. The van der Waals surface area contributed by atoms with Gasteiger partial charge in [-0.25, -0.2) is 13.6 Å². The van der Waals surface area contributed by atoms with Gasteiger partial charge in [-0.2, -0.15) is 0 Å². The quantitative estimate of drug-likeness (QED) is 0.655. The third-order valence-corrected chi connectivity index (χ3v) is 3.42. The SMILES string of the molecule is CN(C)[C@H]1CCN(CCS(N)(=O)=O)C1. The lowest BCUT2D eigenvalue weighted by Gasteiger charge is -2.19. The maximum atomic E-state index is 10.7. The fourth-order valence-electron chi connectivity index (χ4n) is 1.69. The molecule has 0 aromatic heterocycles. The molecule has 1 rings (SSSR count). The van der Waals surface area contributed by atoms with Crippen molar-refractivity contribution in [2.45, 2.75) is 12.5 Å². The van der Waals surface area contributed by atoms with Gasteiger partial charge in [0.2, 0.25) is 10.0 Å². The fourth-order valence-corrected chi connectivity index (χ4v) is 2.21. The summed E-state index contributed by atoms with van der Waals surface area (Å²) in [6, 6.07) is 0.551. The minimum absolute atomic E-state index is 0.0626. The van der Waals surface area contributed by atoms with Gasteiger partial charge in [0.25, 0.3) is 0 Å².